The minimum Gasteiger partial charge on any atom is -0.335 e. The topological polar surface area (TPSA) is 105 Å². The molecule has 1 aromatic carbocycles. The zero-order valence-corrected chi connectivity index (χ0v) is 19.5. The number of amides is 1. The van der Waals surface area contributed by atoms with E-state index in [9.17, 15) is 13.2 Å². The van der Waals surface area contributed by atoms with Gasteiger partial charge in [-0.1, -0.05) is 25.1 Å². The van der Waals surface area contributed by atoms with E-state index >= 15 is 0 Å². The van der Waals surface area contributed by atoms with Crippen molar-refractivity contribution in [1.82, 2.24) is 14.4 Å². The van der Waals surface area contributed by atoms with Gasteiger partial charge < -0.3 is 9.84 Å². The van der Waals surface area contributed by atoms with Crippen molar-refractivity contribution in [2.45, 2.75) is 25.7 Å². The van der Waals surface area contributed by atoms with Crippen LogP contribution in [0, 0.1) is 6.92 Å². The van der Waals surface area contributed by atoms with Crippen LogP contribution in [0.15, 0.2) is 57.3 Å². The number of hydrogen-bond donors (Lipinski definition) is 1. The van der Waals surface area contributed by atoms with Crippen molar-refractivity contribution in [2.24, 2.45) is 0 Å². The Morgan fingerprint density at radius 2 is 1.88 bits per heavy atom. The van der Waals surface area contributed by atoms with Gasteiger partial charge in [-0.15, -0.1) is 11.3 Å². The molecular formula is C22H22N4O4S2. The van der Waals surface area contributed by atoms with Gasteiger partial charge in [0.15, 0.2) is 0 Å². The number of sulfonamides is 1. The Morgan fingerprint density at radius 1 is 1.16 bits per heavy atom. The third-order valence-corrected chi connectivity index (χ3v) is 8.05. The second kappa shape index (κ2) is 8.81. The molecule has 3 heterocycles. The Morgan fingerprint density at radius 3 is 2.50 bits per heavy atom. The van der Waals surface area contributed by atoms with E-state index < -0.39 is 10.0 Å². The summed E-state index contributed by atoms with van der Waals surface area (Å²) in [6.45, 7) is 6.12. The predicted molar refractivity (Wildman–Crippen MR) is 124 cm³/mol. The third-order valence-electron chi connectivity index (χ3n) is 5.09. The van der Waals surface area contributed by atoms with Crippen molar-refractivity contribution in [3.8, 4) is 10.6 Å². The monoisotopic (exact) mass is 470 g/mol. The lowest BCUT2D eigenvalue weighted by Crippen LogP contribution is -2.30. The highest BCUT2D eigenvalue weighted by molar-refractivity contribution is 7.89. The highest BCUT2D eigenvalue weighted by atomic mass is 32.2. The normalized spacial score (nSPS) is 11.9. The number of carbonyl (C=O) groups excluding carboxylic acids is 1. The molecule has 166 valence electrons. The molecular weight excluding hydrogens is 448 g/mol. The van der Waals surface area contributed by atoms with Gasteiger partial charge in [-0.2, -0.15) is 4.31 Å². The van der Waals surface area contributed by atoms with Crippen LogP contribution in [-0.4, -0.2) is 41.9 Å². The van der Waals surface area contributed by atoms with Gasteiger partial charge >= 0.3 is 0 Å². The zero-order chi connectivity index (χ0) is 22.9. The van der Waals surface area contributed by atoms with Gasteiger partial charge in [-0.3, -0.25) is 4.79 Å². The van der Waals surface area contributed by atoms with Gasteiger partial charge in [0, 0.05) is 18.8 Å². The molecule has 8 nitrogen and oxygen atoms in total. The fourth-order valence-electron chi connectivity index (χ4n) is 3.45. The number of nitrogens with one attached hydrogen (secondary N) is 1. The molecule has 1 amide bonds. The first-order valence-electron chi connectivity index (χ1n) is 10.1. The number of thiophene rings is 1. The highest BCUT2D eigenvalue weighted by Crippen LogP contribution is 2.30. The van der Waals surface area contributed by atoms with Gasteiger partial charge in [0.2, 0.25) is 10.0 Å². The summed E-state index contributed by atoms with van der Waals surface area (Å²) in [5.74, 6) is -0.360. The van der Waals surface area contributed by atoms with Crippen LogP contribution in [0.4, 0.5) is 5.69 Å². The molecule has 0 aliphatic carbocycles. The van der Waals surface area contributed by atoms with E-state index in [1.54, 1.807) is 39.0 Å². The van der Waals surface area contributed by atoms with Crippen molar-refractivity contribution in [2.75, 3.05) is 18.4 Å². The summed E-state index contributed by atoms with van der Waals surface area (Å²) in [6, 6.07) is 11.7. The molecule has 4 rings (SSSR count). The number of aryl methyl sites for hydroxylation is 1. The number of rotatable bonds is 7. The van der Waals surface area contributed by atoms with Crippen molar-refractivity contribution in [3.63, 3.8) is 0 Å². The fourth-order valence-corrected chi connectivity index (χ4v) is 5.59. The zero-order valence-electron chi connectivity index (χ0n) is 17.8. The second-order valence-electron chi connectivity index (χ2n) is 7.05. The van der Waals surface area contributed by atoms with Crippen molar-refractivity contribution in [1.29, 1.82) is 0 Å². The van der Waals surface area contributed by atoms with E-state index in [1.807, 2.05) is 17.5 Å². The van der Waals surface area contributed by atoms with E-state index in [-0.39, 0.29) is 10.8 Å². The van der Waals surface area contributed by atoms with E-state index in [4.69, 9.17) is 4.52 Å². The molecule has 0 radical (unpaired) electrons. The maximum absolute atomic E-state index is 13.2. The Balaban J connectivity index is 1.65. The lowest BCUT2D eigenvalue weighted by Gasteiger charge is -2.18. The number of carbonyl (C=O) groups is 1. The van der Waals surface area contributed by atoms with E-state index in [1.165, 1.54) is 27.8 Å². The molecule has 0 saturated heterocycles. The molecule has 0 unspecified atom stereocenters. The fraction of sp³-hybridized carbons (Fsp3) is 0.227. The van der Waals surface area contributed by atoms with Crippen molar-refractivity contribution in [3.05, 3.63) is 59.1 Å². The molecule has 0 bridgehead atoms. The molecule has 0 spiro atoms. The van der Waals surface area contributed by atoms with Crippen LogP contribution in [0.2, 0.25) is 0 Å². The molecule has 32 heavy (non-hydrogen) atoms. The standard InChI is InChI=1S/C22H22N4O4S2/c1-4-26(5-2)32(28,29)16-10-8-15(9-11-16)23-21(27)17-13-18(19-7-6-12-31-19)24-22-20(17)14(3)25-30-22/h6-13H,4-5H2,1-3H3,(H,23,27). The smallest absolute Gasteiger partial charge is 0.259 e. The summed E-state index contributed by atoms with van der Waals surface area (Å²) in [4.78, 5) is 18.7. The van der Waals surface area contributed by atoms with Crippen LogP contribution >= 0.6 is 11.3 Å². The number of hydrogen-bond acceptors (Lipinski definition) is 7. The Labute approximate surface area is 189 Å². The van der Waals surface area contributed by atoms with E-state index in [0.717, 1.165) is 4.88 Å². The first-order valence-corrected chi connectivity index (χ1v) is 12.4. The first kappa shape index (κ1) is 22.1. The largest absolute Gasteiger partial charge is 0.335 e. The minimum atomic E-state index is -3.56. The van der Waals surface area contributed by atoms with Crippen LogP contribution in [0.5, 0.6) is 0 Å². The molecule has 10 heteroatoms. The number of pyridine rings is 1. The number of aromatic nitrogens is 2. The van der Waals surface area contributed by atoms with Crippen LogP contribution in [0.3, 0.4) is 0 Å². The van der Waals surface area contributed by atoms with Crippen LogP contribution < -0.4 is 5.32 Å². The number of benzene rings is 1. The lowest BCUT2D eigenvalue weighted by molar-refractivity contribution is 0.102. The van der Waals surface area contributed by atoms with Crippen molar-refractivity contribution >= 4 is 44.1 Å². The first-order chi connectivity index (χ1) is 15.3. The summed E-state index contributed by atoms with van der Waals surface area (Å²) < 4.78 is 32.0. The predicted octanol–water partition coefficient (Wildman–Crippen LogP) is 4.54. The molecule has 0 fully saturated rings. The summed E-state index contributed by atoms with van der Waals surface area (Å²) >= 11 is 1.51. The van der Waals surface area contributed by atoms with Crippen molar-refractivity contribution < 1.29 is 17.7 Å². The van der Waals surface area contributed by atoms with Crippen LogP contribution in [0.25, 0.3) is 21.7 Å². The summed E-state index contributed by atoms with van der Waals surface area (Å²) in [5.41, 5.74) is 2.34. The molecule has 0 saturated carbocycles. The third kappa shape index (κ3) is 4.04. The van der Waals surface area contributed by atoms with Gasteiger partial charge in [-0.25, -0.2) is 13.4 Å². The SMILES string of the molecule is CCN(CC)S(=O)(=O)c1ccc(NC(=O)c2cc(-c3cccs3)nc3onc(C)c23)cc1. The molecule has 0 atom stereocenters. The Kier molecular flexibility index (Phi) is 6.09. The van der Waals surface area contributed by atoms with Gasteiger partial charge in [0.25, 0.3) is 11.6 Å². The van der Waals surface area contributed by atoms with Crippen LogP contribution in [0.1, 0.15) is 29.9 Å². The molecule has 0 aliphatic heterocycles. The van der Waals surface area contributed by atoms with E-state index in [0.29, 0.717) is 46.8 Å². The minimum absolute atomic E-state index is 0.181. The van der Waals surface area contributed by atoms with Crippen LogP contribution in [-0.2, 0) is 10.0 Å². The maximum Gasteiger partial charge on any atom is 0.259 e. The van der Waals surface area contributed by atoms with Gasteiger partial charge in [-0.05, 0) is 48.7 Å². The quantitative estimate of drug-likeness (QED) is 0.425. The molecule has 0 aliphatic rings. The summed E-state index contributed by atoms with van der Waals surface area (Å²) in [7, 11) is -3.56. The number of nitrogens with zero attached hydrogens (tertiary/aromatic N) is 3. The number of anilines is 1. The Bertz CT molecular complexity index is 1360. The maximum atomic E-state index is 13.2. The summed E-state index contributed by atoms with van der Waals surface area (Å²) in [5, 5.41) is 9.26. The highest BCUT2D eigenvalue weighted by Gasteiger charge is 2.22. The summed E-state index contributed by atoms with van der Waals surface area (Å²) in [6.07, 6.45) is 0. The molecule has 3 aromatic heterocycles. The molecule has 4 aromatic rings. The number of fused-ring (bicyclic) bond motifs is 1. The lowest BCUT2D eigenvalue weighted by atomic mass is 10.1. The van der Waals surface area contributed by atoms with E-state index in [2.05, 4.69) is 15.5 Å². The average molecular weight is 471 g/mol. The van der Waals surface area contributed by atoms with Gasteiger partial charge in [0.05, 0.1) is 32.1 Å². The Hall–Kier alpha value is -3.08. The van der Waals surface area contributed by atoms with Gasteiger partial charge in [0.1, 0.15) is 0 Å². The average Bonchev–Trinajstić information content (AvgIpc) is 3.44. The molecule has 1 N–H and O–H groups in total. The second-order valence-corrected chi connectivity index (χ2v) is 9.93.